The van der Waals surface area contributed by atoms with Crippen molar-refractivity contribution in [3.63, 3.8) is 0 Å². The van der Waals surface area contributed by atoms with Gasteiger partial charge in [0.25, 0.3) is 0 Å². The van der Waals surface area contributed by atoms with Gasteiger partial charge in [-0.3, -0.25) is 9.80 Å². The second kappa shape index (κ2) is 12.6. The Morgan fingerprint density at radius 3 is 1.90 bits per heavy atom. The van der Waals surface area contributed by atoms with E-state index in [1.54, 1.807) is 0 Å². The summed E-state index contributed by atoms with van der Waals surface area (Å²) in [5, 5.41) is 3.56. The molecular formula is C17H39N3. The summed E-state index contributed by atoms with van der Waals surface area (Å²) in [5.74, 6) is 0. The van der Waals surface area contributed by atoms with Crippen LogP contribution in [0.4, 0.5) is 0 Å². The lowest BCUT2D eigenvalue weighted by atomic mass is 10.2. The van der Waals surface area contributed by atoms with Crippen LogP contribution in [0.5, 0.6) is 0 Å². The molecular weight excluding hydrogens is 246 g/mol. The first-order chi connectivity index (χ1) is 9.52. The quantitative estimate of drug-likeness (QED) is 0.412. The molecule has 0 aliphatic carbocycles. The predicted molar refractivity (Wildman–Crippen MR) is 91.2 cm³/mol. The molecule has 0 fully saturated rings. The van der Waals surface area contributed by atoms with Crippen molar-refractivity contribution in [2.45, 2.75) is 79.3 Å². The Labute approximate surface area is 128 Å². The number of hydrogen-bond acceptors (Lipinski definition) is 3. The molecule has 3 nitrogen and oxygen atoms in total. The van der Waals surface area contributed by atoms with Gasteiger partial charge in [-0.15, -0.1) is 0 Å². The first-order valence-electron chi connectivity index (χ1n) is 8.71. The topological polar surface area (TPSA) is 18.5 Å². The van der Waals surface area contributed by atoms with Gasteiger partial charge in [0, 0.05) is 25.2 Å². The molecule has 0 aliphatic rings. The van der Waals surface area contributed by atoms with Gasteiger partial charge < -0.3 is 5.32 Å². The molecule has 0 aromatic carbocycles. The molecule has 0 atom stereocenters. The van der Waals surface area contributed by atoms with Crippen molar-refractivity contribution in [3.8, 4) is 0 Å². The average Bonchev–Trinajstić information content (AvgIpc) is 2.39. The zero-order chi connectivity index (χ0) is 15.4. The molecule has 3 heteroatoms. The smallest absolute Gasteiger partial charge is 0.0511 e. The Bertz CT molecular complexity index is 196. The van der Waals surface area contributed by atoms with Crippen LogP contribution in [0.15, 0.2) is 0 Å². The van der Waals surface area contributed by atoms with Gasteiger partial charge in [0.1, 0.15) is 0 Å². The van der Waals surface area contributed by atoms with Crippen molar-refractivity contribution in [2.24, 2.45) is 0 Å². The van der Waals surface area contributed by atoms with Crippen LogP contribution < -0.4 is 5.32 Å². The Morgan fingerprint density at radius 1 is 0.800 bits per heavy atom. The summed E-state index contributed by atoms with van der Waals surface area (Å²) >= 11 is 0. The lowest BCUT2D eigenvalue weighted by Gasteiger charge is -2.36. The molecule has 0 saturated carbocycles. The van der Waals surface area contributed by atoms with Crippen molar-refractivity contribution in [3.05, 3.63) is 0 Å². The number of unbranched alkanes of at least 4 members (excludes halogenated alkanes) is 2. The van der Waals surface area contributed by atoms with E-state index in [9.17, 15) is 0 Å². The van der Waals surface area contributed by atoms with Crippen LogP contribution in [0.3, 0.4) is 0 Å². The molecule has 122 valence electrons. The third-order valence-corrected chi connectivity index (χ3v) is 3.83. The van der Waals surface area contributed by atoms with Gasteiger partial charge in [-0.2, -0.15) is 0 Å². The Hall–Kier alpha value is -0.120. The lowest BCUT2D eigenvalue weighted by molar-refractivity contribution is 0.0774. The molecule has 0 bridgehead atoms. The summed E-state index contributed by atoms with van der Waals surface area (Å²) in [7, 11) is 0. The summed E-state index contributed by atoms with van der Waals surface area (Å²) in [6.07, 6.45) is 5.15. The summed E-state index contributed by atoms with van der Waals surface area (Å²) in [4.78, 5) is 5.20. The highest BCUT2D eigenvalue weighted by molar-refractivity contribution is 4.69. The van der Waals surface area contributed by atoms with Crippen LogP contribution in [-0.4, -0.2) is 54.7 Å². The summed E-state index contributed by atoms with van der Waals surface area (Å²) in [6.45, 7) is 19.5. The van der Waals surface area contributed by atoms with Gasteiger partial charge in [0.05, 0.1) is 6.67 Å². The highest BCUT2D eigenvalue weighted by Crippen LogP contribution is 2.07. The SMILES string of the molecule is CCCCNCCN(CCCC)CN(C(C)C)C(C)C. The van der Waals surface area contributed by atoms with E-state index in [1.807, 2.05) is 0 Å². The summed E-state index contributed by atoms with van der Waals surface area (Å²) in [5.41, 5.74) is 0. The Kier molecular flexibility index (Phi) is 12.5. The maximum Gasteiger partial charge on any atom is 0.0511 e. The van der Waals surface area contributed by atoms with E-state index < -0.39 is 0 Å². The van der Waals surface area contributed by atoms with Crippen molar-refractivity contribution >= 4 is 0 Å². The van der Waals surface area contributed by atoms with Gasteiger partial charge >= 0.3 is 0 Å². The molecule has 1 N–H and O–H groups in total. The Balaban J connectivity index is 4.17. The molecule has 0 heterocycles. The standard InChI is InChI=1S/C17H39N3/c1-7-9-11-18-12-14-19(13-10-8-2)15-20(16(3)4)17(5)6/h16-18H,7-15H2,1-6H3. The molecule has 0 aromatic rings. The van der Waals surface area contributed by atoms with Crippen molar-refractivity contribution in [1.82, 2.24) is 15.1 Å². The van der Waals surface area contributed by atoms with Gasteiger partial charge in [-0.25, -0.2) is 0 Å². The van der Waals surface area contributed by atoms with E-state index in [0.29, 0.717) is 12.1 Å². The Morgan fingerprint density at radius 2 is 1.40 bits per heavy atom. The minimum absolute atomic E-state index is 0.618. The van der Waals surface area contributed by atoms with Gasteiger partial charge in [0.2, 0.25) is 0 Å². The summed E-state index contributed by atoms with van der Waals surface area (Å²) in [6, 6.07) is 1.24. The molecule has 20 heavy (non-hydrogen) atoms. The number of hydrogen-bond donors (Lipinski definition) is 1. The normalized spacial score (nSPS) is 12.3. The maximum atomic E-state index is 3.56. The van der Waals surface area contributed by atoms with Crippen molar-refractivity contribution < 1.29 is 0 Å². The minimum Gasteiger partial charge on any atom is -0.315 e. The molecule has 0 aliphatic heterocycles. The minimum atomic E-state index is 0.618. The van der Waals surface area contributed by atoms with Crippen LogP contribution in [0.2, 0.25) is 0 Å². The van der Waals surface area contributed by atoms with Crippen LogP contribution in [0.1, 0.15) is 67.2 Å². The van der Waals surface area contributed by atoms with E-state index in [-0.39, 0.29) is 0 Å². The number of rotatable bonds is 13. The largest absolute Gasteiger partial charge is 0.315 e. The highest BCUT2D eigenvalue weighted by atomic mass is 15.3. The maximum absolute atomic E-state index is 3.56. The van der Waals surface area contributed by atoms with Crippen LogP contribution in [0.25, 0.3) is 0 Å². The van der Waals surface area contributed by atoms with Gasteiger partial charge in [0.15, 0.2) is 0 Å². The second-order valence-electron chi connectivity index (χ2n) is 6.42. The second-order valence-corrected chi connectivity index (χ2v) is 6.42. The lowest BCUT2D eigenvalue weighted by Crippen LogP contribution is -2.47. The van der Waals surface area contributed by atoms with Gasteiger partial charge in [-0.1, -0.05) is 26.7 Å². The third kappa shape index (κ3) is 9.73. The predicted octanol–water partition coefficient (Wildman–Crippen LogP) is 3.55. The van der Waals surface area contributed by atoms with Gasteiger partial charge in [-0.05, 0) is 53.6 Å². The molecule has 0 saturated heterocycles. The number of nitrogens with one attached hydrogen (secondary N) is 1. The molecule has 0 rings (SSSR count). The zero-order valence-corrected chi connectivity index (χ0v) is 14.9. The van der Waals surface area contributed by atoms with Crippen molar-refractivity contribution in [2.75, 3.05) is 32.8 Å². The van der Waals surface area contributed by atoms with E-state index >= 15 is 0 Å². The molecule has 0 aromatic heterocycles. The molecule has 0 spiro atoms. The van der Waals surface area contributed by atoms with E-state index in [4.69, 9.17) is 0 Å². The monoisotopic (exact) mass is 285 g/mol. The number of nitrogens with zero attached hydrogens (tertiary/aromatic N) is 2. The fraction of sp³-hybridized carbons (Fsp3) is 1.00. The van der Waals surface area contributed by atoms with E-state index in [0.717, 1.165) is 19.8 Å². The van der Waals surface area contributed by atoms with E-state index in [2.05, 4.69) is 56.7 Å². The fourth-order valence-electron chi connectivity index (χ4n) is 2.45. The third-order valence-electron chi connectivity index (χ3n) is 3.83. The highest BCUT2D eigenvalue weighted by Gasteiger charge is 2.16. The van der Waals surface area contributed by atoms with Crippen LogP contribution in [-0.2, 0) is 0 Å². The first kappa shape index (κ1) is 19.9. The first-order valence-corrected chi connectivity index (χ1v) is 8.71. The molecule has 0 radical (unpaired) electrons. The fourth-order valence-corrected chi connectivity index (χ4v) is 2.45. The molecule has 0 unspecified atom stereocenters. The van der Waals surface area contributed by atoms with Crippen LogP contribution in [0, 0.1) is 0 Å². The average molecular weight is 286 g/mol. The van der Waals surface area contributed by atoms with E-state index in [1.165, 1.54) is 38.8 Å². The van der Waals surface area contributed by atoms with Crippen LogP contribution >= 0.6 is 0 Å². The van der Waals surface area contributed by atoms with Crippen molar-refractivity contribution in [1.29, 1.82) is 0 Å². The summed E-state index contributed by atoms with van der Waals surface area (Å²) < 4.78 is 0. The zero-order valence-electron chi connectivity index (χ0n) is 14.9. The molecule has 0 amide bonds.